The fourth-order valence-electron chi connectivity index (χ4n) is 1.79. The van der Waals surface area contributed by atoms with Crippen molar-refractivity contribution in [3.8, 4) is 6.07 Å². The third-order valence-corrected chi connectivity index (χ3v) is 2.55. The Hall–Kier alpha value is -1.28. The van der Waals surface area contributed by atoms with E-state index in [0.29, 0.717) is 12.5 Å². The summed E-state index contributed by atoms with van der Waals surface area (Å²) in [6.07, 6.45) is 1.76. The van der Waals surface area contributed by atoms with E-state index in [-0.39, 0.29) is 12.5 Å². The lowest BCUT2D eigenvalue weighted by molar-refractivity contribution is 0.0478. The average molecular weight is 212 g/mol. The Morgan fingerprint density at radius 3 is 3.07 bits per heavy atom. The standard InChI is InChI=1S/C10H16N2O3/c11-5-9(6-12-10(13)14)4-8-2-1-3-15-7-8/h8-9,12H,1-4,6-7H2,(H,13,14)/t8-,9?/m0/s1. The van der Waals surface area contributed by atoms with Crippen LogP contribution in [0.3, 0.4) is 0 Å². The zero-order chi connectivity index (χ0) is 11.1. The van der Waals surface area contributed by atoms with Crippen LogP contribution in [0.5, 0.6) is 0 Å². The smallest absolute Gasteiger partial charge is 0.404 e. The van der Waals surface area contributed by atoms with Crippen LogP contribution >= 0.6 is 0 Å². The predicted molar refractivity (Wildman–Crippen MR) is 53.3 cm³/mol. The molecule has 2 atom stereocenters. The molecule has 2 N–H and O–H groups in total. The van der Waals surface area contributed by atoms with Gasteiger partial charge in [-0.2, -0.15) is 5.26 Å². The molecule has 1 aliphatic heterocycles. The monoisotopic (exact) mass is 212 g/mol. The summed E-state index contributed by atoms with van der Waals surface area (Å²) in [4.78, 5) is 10.3. The maximum atomic E-state index is 10.3. The number of hydrogen-bond acceptors (Lipinski definition) is 3. The van der Waals surface area contributed by atoms with Gasteiger partial charge < -0.3 is 15.2 Å². The molecule has 1 heterocycles. The molecule has 1 saturated heterocycles. The van der Waals surface area contributed by atoms with Crippen molar-refractivity contribution in [1.29, 1.82) is 5.26 Å². The largest absolute Gasteiger partial charge is 0.465 e. The Morgan fingerprint density at radius 2 is 2.53 bits per heavy atom. The van der Waals surface area contributed by atoms with Gasteiger partial charge in [0.2, 0.25) is 0 Å². The molecule has 0 saturated carbocycles. The fourth-order valence-corrected chi connectivity index (χ4v) is 1.79. The zero-order valence-corrected chi connectivity index (χ0v) is 8.61. The Bertz CT molecular complexity index is 244. The summed E-state index contributed by atoms with van der Waals surface area (Å²) in [7, 11) is 0. The van der Waals surface area contributed by atoms with Gasteiger partial charge in [-0.3, -0.25) is 0 Å². The maximum Gasteiger partial charge on any atom is 0.404 e. The van der Waals surface area contributed by atoms with Crippen molar-refractivity contribution >= 4 is 6.09 Å². The number of amides is 1. The number of carboxylic acid groups (broad SMARTS) is 1. The minimum absolute atomic E-state index is 0.211. The van der Waals surface area contributed by atoms with Crippen LogP contribution in [0.15, 0.2) is 0 Å². The van der Waals surface area contributed by atoms with E-state index in [2.05, 4.69) is 11.4 Å². The molecule has 5 heteroatoms. The first kappa shape index (κ1) is 11.8. The van der Waals surface area contributed by atoms with Crippen molar-refractivity contribution in [3.63, 3.8) is 0 Å². The lowest BCUT2D eigenvalue weighted by atomic mass is 9.91. The zero-order valence-electron chi connectivity index (χ0n) is 8.61. The summed E-state index contributed by atoms with van der Waals surface area (Å²) >= 11 is 0. The van der Waals surface area contributed by atoms with Gasteiger partial charge in [-0.05, 0) is 25.2 Å². The van der Waals surface area contributed by atoms with Crippen LogP contribution in [0, 0.1) is 23.2 Å². The Morgan fingerprint density at radius 1 is 1.73 bits per heavy atom. The molecule has 0 aliphatic carbocycles. The molecule has 1 fully saturated rings. The van der Waals surface area contributed by atoms with E-state index in [1.807, 2.05) is 0 Å². The minimum Gasteiger partial charge on any atom is -0.465 e. The van der Waals surface area contributed by atoms with Crippen LogP contribution in [-0.2, 0) is 4.74 Å². The van der Waals surface area contributed by atoms with E-state index in [0.717, 1.165) is 25.9 Å². The van der Waals surface area contributed by atoms with Crippen LogP contribution in [0.2, 0.25) is 0 Å². The molecule has 5 nitrogen and oxygen atoms in total. The highest BCUT2D eigenvalue weighted by atomic mass is 16.5. The number of nitrogens with one attached hydrogen (secondary N) is 1. The molecule has 0 aromatic carbocycles. The molecule has 1 unspecified atom stereocenters. The number of nitrogens with zero attached hydrogens (tertiary/aromatic N) is 1. The first-order valence-corrected chi connectivity index (χ1v) is 5.16. The van der Waals surface area contributed by atoms with Gasteiger partial charge in [0.25, 0.3) is 0 Å². The second kappa shape index (κ2) is 6.25. The van der Waals surface area contributed by atoms with Crippen LogP contribution < -0.4 is 5.32 Å². The lowest BCUT2D eigenvalue weighted by Gasteiger charge is -2.23. The molecule has 0 aromatic heterocycles. The SMILES string of the molecule is N#CC(CNC(=O)O)C[C@@H]1CCCOC1. The van der Waals surface area contributed by atoms with Gasteiger partial charge in [-0.1, -0.05) is 0 Å². The average Bonchev–Trinajstić information content (AvgIpc) is 2.25. The van der Waals surface area contributed by atoms with Crippen LogP contribution in [-0.4, -0.2) is 31.0 Å². The molecule has 0 aromatic rings. The van der Waals surface area contributed by atoms with Gasteiger partial charge in [0.05, 0.1) is 12.0 Å². The molecule has 0 spiro atoms. The van der Waals surface area contributed by atoms with Gasteiger partial charge in [0.1, 0.15) is 0 Å². The first-order chi connectivity index (χ1) is 7.22. The van der Waals surface area contributed by atoms with Crippen molar-refractivity contribution in [1.82, 2.24) is 5.32 Å². The molecule has 15 heavy (non-hydrogen) atoms. The van der Waals surface area contributed by atoms with E-state index >= 15 is 0 Å². The van der Waals surface area contributed by atoms with Gasteiger partial charge in [-0.25, -0.2) is 4.79 Å². The topological polar surface area (TPSA) is 82.4 Å². The molecule has 0 bridgehead atoms. The normalized spacial score (nSPS) is 22.7. The van der Waals surface area contributed by atoms with Crippen LogP contribution in [0.1, 0.15) is 19.3 Å². The van der Waals surface area contributed by atoms with Crippen molar-refractivity contribution < 1.29 is 14.6 Å². The van der Waals surface area contributed by atoms with Gasteiger partial charge in [0.15, 0.2) is 0 Å². The van der Waals surface area contributed by atoms with Crippen molar-refractivity contribution in [3.05, 3.63) is 0 Å². The minimum atomic E-state index is -1.07. The highest BCUT2D eigenvalue weighted by Crippen LogP contribution is 2.21. The van der Waals surface area contributed by atoms with Crippen LogP contribution in [0.4, 0.5) is 4.79 Å². The Balaban J connectivity index is 2.26. The summed E-state index contributed by atoms with van der Waals surface area (Å²) < 4.78 is 5.31. The highest BCUT2D eigenvalue weighted by molar-refractivity contribution is 5.64. The number of nitriles is 1. The van der Waals surface area contributed by atoms with Crippen molar-refractivity contribution in [2.24, 2.45) is 11.8 Å². The second-order valence-corrected chi connectivity index (χ2v) is 3.83. The molecule has 1 rings (SSSR count). The lowest BCUT2D eigenvalue weighted by Crippen LogP contribution is -2.29. The Labute approximate surface area is 89.0 Å². The van der Waals surface area contributed by atoms with E-state index in [4.69, 9.17) is 15.1 Å². The van der Waals surface area contributed by atoms with Crippen molar-refractivity contribution in [2.45, 2.75) is 19.3 Å². The van der Waals surface area contributed by atoms with Gasteiger partial charge in [0, 0.05) is 19.8 Å². The first-order valence-electron chi connectivity index (χ1n) is 5.16. The fraction of sp³-hybridized carbons (Fsp3) is 0.800. The predicted octanol–water partition coefficient (Wildman–Crippen LogP) is 1.21. The van der Waals surface area contributed by atoms with Gasteiger partial charge in [-0.15, -0.1) is 0 Å². The number of rotatable bonds is 4. The molecular weight excluding hydrogens is 196 g/mol. The molecule has 84 valence electrons. The van der Waals surface area contributed by atoms with E-state index in [9.17, 15) is 4.79 Å². The Kier molecular flexibility index (Phi) is 4.91. The number of hydrogen-bond donors (Lipinski definition) is 2. The van der Waals surface area contributed by atoms with Crippen molar-refractivity contribution in [2.75, 3.05) is 19.8 Å². The summed E-state index contributed by atoms with van der Waals surface area (Å²) in [6, 6.07) is 2.12. The summed E-state index contributed by atoms with van der Waals surface area (Å²) in [5.74, 6) is 0.159. The van der Waals surface area contributed by atoms with E-state index in [1.165, 1.54) is 0 Å². The highest BCUT2D eigenvalue weighted by Gasteiger charge is 2.19. The summed E-state index contributed by atoms with van der Waals surface area (Å²) in [6.45, 7) is 1.72. The second-order valence-electron chi connectivity index (χ2n) is 3.83. The third-order valence-electron chi connectivity index (χ3n) is 2.55. The van der Waals surface area contributed by atoms with E-state index in [1.54, 1.807) is 0 Å². The maximum absolute atomic E-state index is 10.3. The number of ether oxygens (including phenoxy) is 1. The quantitative estimate of drug-likeness (QED) is 0.733. The summed E-state index contributed by atoms with van der Waals surface area (Å²) in [5.41, 5.74) is 0. The molecule has 0 radical (unpaired) electrons. The van der Waals surface area contributed by atoms with Gasteiger partial charge >= 0.3 is 6.09 Å². The molecule has 1 aliphatic rings. The third kappa shape index (κ3) is 4.66. The van der Waals surface area contributed by atoms with E-state index < -0.39 is 6.09 Å². The summed E-state index contributed by atoms with van der Waals surface area (Å²) in [5, 5.41) is 19.5. The molecule has 1 amide bonds. The van der Waals surface area contributed by atoms with Crippen LogP contribution in [0.25, 0.3) is 0 Å². The number of carbonyl (C=O) groups is 1. The molecular formula is C10H16N2O3.